The normalized spacial score (nSPS) is 10.9. The average molecular weight is 290 g/mol. The summed E-state index contributed by atoms with van der Waals surface area (Å²) in [6.45, 7) is 0. The number of aromatic nitrogens is 1. The Morgan fingerprint density at radius 1 is 1.00 bits per heavy atom. The van der Waals surface area contributed by atoms with E-state index in [9.17, 15) is 9.59 Å². The van der Waals surface area contributed by atoms with E-state index >= 15 is 0 Å². The molecule has 1 aromatic heterocycles. The molecule has 0 radical (unpaired) electrons. The number of para-hydroxylation sites is 2. The molecule has 4 heteroatoms. The van der Waals surface area contributed by atoms with Crippen LogP contribution in [0, 0.1) is 0 Å². The third kappa shape index (κ3) is 3.12. The highest BCUT2D eigenvalue weighted by molar-refractivity contribution is 6.02. The lowest BCUT2D eigenvalue weighted by Crippen LogP contribution is -2.11. The number of fused-ring (bicyclic) bond motifs is 1. The van der Waals surface area contributed by atoms with Crippen molar-refractivity contribution in [3.8, 4) is 0 Å². The number of nitrogens with one attached hydrogen (secondary N) is 2. The Kier molecular flexibility index (Phi) is 3.83. The minimum atomic E-state index is -0.279. The maximum Gasteiger partial charge on any atom is 0.255 e. The van der Waals surface area contributed by atoms with E-state index in [1.165, 1.54) is 12.2 Å². The summed E-state index contributed by atoms with van der Waals surface area (Å²) in [6, 6.07) is 18.4. The zero-order chi connectivity index (χ0) is 15.4. The summed E-state index contributed by atoms with van der Waals surface area (Å²) < 4.78 is 0. The van der Waals surface area contributed by atoms with E-state index in [0.29, 0.717) is 11.3 Å². The first-order valence-electron chi connectivity index (χ1n) is 6.88. The van der Waals surface area contributed by atoms with Gasteiger partial charge in [0, 0.05) is 22.8 Å². The van der Waals surface area contributed by atoms with Crippen LogP contribution in [-0.2, 0) is 4.79 Å². The van der Waals surface area contributed by atoms with Gasteiger partial charge < -0.3 is 10.3 Å². The number of anilines is 1. The number of pyridine rings is 1. The van der Waals surface area contributed by atoms with Gasteiger partial charge in [-0.1, -0.05) is 36.4 Å². The van der Waals surface area contributed by atoms with Gasteiger partial charge in [0.2, 0.25) is 5.91 Å². The lowest BCUT2D eigenvalue weighted by atomic mass is 10.1. The van der Waals surface area contributed by atoms with Gasteiger partial charge in [0.05, 0.1) is 0 Å². The number of hydrogen-bond donors (Lipinski definition) is 2. The molecule has 0 saturated carbocycles. The molecule has 2 N–H and O–H groups in total. The van der Waals surface area contributed by atoms with Gasteiger partial charge in [0.15, 0.2) is 0 Å². The van der Waals surface area contributed by atoms with Crippen LogP contribution in [0.5, 0.6) is 0 Å². The number of rotatable bonds is 3. The van der Waals surface area contributed by atoms with Gasteiger partial charge in [0.25, 0.3) is 5.56 Å². The molecular formula is C18H14N2O2. The Labute approximate surface area is 127 Å². The van der Waals surface area contributed by atoms with Gasteiger partial charge in [-0.05, 0) is 35.7 Å². The lowest BCUT2D eigenvalue weighted by Gasteiger charge is -2.01. The van der Waals surface area contributed by atoms with Gasteiger partial charge in [-0.15, -0.1) is 0 Å². The molecule has 0 fully saturated rings. The minimum absolute atomic E-state index is 0.220. The number of amides is 1. The van der Waals surface area contributed by atoms with E-state index in [-0.39, 0.29) is 11.5 Å². The number of benzene rings is 2. The summed E-state index contributed by atoms with van der Waals surface area (Å²) in [5, 5.41) is 3.65. The maximum atomic E-state index is 12.0. The van der Waals surface area contributed by atoms with Crippen molar-refractivity contribution < 1.29 is 4.79 Å². The Balaban J connectivity index is 1.81. The molecule has 0 spiro atoms. The lowest BCUT2D eigenvalue weighted by molar-refractivity contribution is -0.111. The molecule has 0 aliphatic carbocycles. The van der Waals surface area contributed by atoms with E-state index in [1.807, 2.05) is 42.5 Å². The van der Waals surface area contributed by atoms with E-state index in [1.54, 1.807) is 18.2 Å². The highest BCUT2D eigenvalue weighted by Crippen LogP contribution is 2.11. The highest BCUT2D eigenvalue weighted by Gasteiger charge is 2.01. The first-order chi connectivity index (χ1) is 10.7. The van der Waals surface area contributed by atoms with Crippen molar-refractivity contribution >= 4 is 28.6 Å². The van der Waals surface area contributed by atoms with Crippen LogP contribution in [0.25, 0.3) is 17.0 Å². The van der Waals surface area contributed by atoms with E-state index in [0.717, 1.165) is 10.9 Å². The van der Waals surface area contributed by atoms with Crippen molar-refractivity contribution in [1.29, 1.82) is 0 Å². The van der Waals surface area contributed by atoms with Gasteiger partial charge in [-0.3, -0.25) is 9.59 Å². The third-order valence-corrected chi connectivity index (χ3v) is 3.24. The van der Waals surface area contributed by atoms with Crippen molar-refractivity contribution in [3.63, 3.8) is 0 Å². The molecule has 2 aromatic carbocycles. The quantitative estimate of drug-likeness (QED) is 0.728. The van der Waals surface area contributed by atoms with E-state index < -0.39 is 0 Å². The first kappa shape index (κ1) is 13.8. The molecule has 1 amide bonds. The Morgan fingerprint density at radius 3 is 2.55 bits per heavy atom. The standard InChI is InChI=1S/C18H14N2O2/c21-17(19-15-7-2-1-3-8-15)11-10-14-12-13-6-4-5-9-16(13)20-18(14)22/h1-12H,(H,19,21)(H,20,22)/b11-10+. The van der Waals surface area contributed by atoms with Crippen LogP contribution in [-0.4, -0.2) is 10.9 Å². The Morgan fingerprint density at radius 2 is 1.73 bits per heavy atom. The second kappa shape index (κ2) is 6.10. The Hall–Kier alpha value is -3.14. The first-order valence-corrected chi connectivity index (χ1v) is 6.88. The number of carbonyl (C=O) groups excluding carboxylic acids is 1. The Bertz CT molecular complexity index is 896. The molecule has 0 aliphatic heterocycles. The fraction of sp³-hybridized carbons (Fsp3) is 0. The van der Waals surface area contributed by atoms with Gasteiger partial charge >= 0.3 is 0 Å². The van der Waals surface area contributed by atoms with Crippen LogP contribution in [0.3, 0.4) is 0 Å². The van der Waals surface area contributed by atoms with Crippen LogP contribution in [0.4, 0.5) is 5.69 Å². The monoisotopic (exact) mass is 290 g/mol. The number of hydrogen-bond acceptors (Lipinski definition) is 2. The molecule has 22 heavy (non-hydrogen) atoms. The predicted octanol–water partition coefficient (Wildman–Crippen LogP) is 3.18. The fourth-order valence-electron chi connectivity index (χ4n) is 2.16. The number of H-pyrrole nitrogens is 1. The number of carbonyl (C=O) groups is 1. The smallest absolute Gasteiger partial charge is 0.255 e. The van der Waals surface area contributed by atoms with Gasteiger partial charge in [0.1, 0.15) is 0 Å². The molecule has 4 nitrogen and oxygen atoms in total. The summed E-state index contributed by atoms with van der Waals surface area (Å²) in [5.74, 6) is -0.279. The molecule has 0 aliphatic rings. The summed E-state index contributed by atoms with van der Waals surface area (Å²) in [6.07, 6.45) is 2.87. The van der Waals surface area contributed by atoms with Crippen molar-refractivity contribution in [3.05, 3.63) is 82.7 Å². The van der Waals surface area contributed by atoms with Crippen molar-refractivity contribution in [2.45, 2.75) is 0 Å². The molecule has 3 aromatic rings. The summed E-state index contributed by atoms with van der Waals surface area (Å²) >= 11 is 0. The highest BCUT2D eigenvalue weighted by atomic mass is 16.1. The molecular weight excluding hydrogens is 276 g/mol. The van der Waals surface area contributed by atoms with E-state index in [2.05, 4.69) is 10.3 Å². The SMILES string of the molecule is O=C(/C=C/c1cc2ccccc2[nH]c1=O)Nc1ccccc1. The topological polar surface area (TPSA) is 62.0 Å². The molecule has 0 saturated heterocycles. The molecule has 0 atom stereocenters. The molecule has 0 bridgehead atoms. The van der Waals surface area contributed by atoms with Gasteiger partial charge in [-0.25, -0.2) is 0 Å². The summed E-state index contributed by atoms with van der Waals surface area (Å²) in [7, 11) is 0. The van der Waals surface area contributed by atoms with Crippen LogP contribution in [0.15, 0.2) is 71.5 Å². The molecule has 1 heterocycles. The van der Waals surface area contributed by atoms with Crippen LogP contribution >= 0.6 is 0 Å². The summed E-state index contributed by atoms with van der Waals surface area (Å²) in [4.78, 5) is 26.6. The van der Waals surface area contributed by atoms with Crippen molar-refractivity contribution in [2.75, 3.05) is 5.32 Å². The molecule has 3 rings (SSSR count). The zero-order valence-electron chi connectivity index (χ0n) is 11.7. The second-order valence-corrected chi connectivity index (χ2v) is 4.83. The molecule has 108 valence electrons. The average Bonchev–Trinajstić information content (AvgIpc) is 2.54. The summed E-state index contributed by atoms with van der Waals surface area (Å²) in [5.41, 5.74) is 1.72. The third-order valence-electron chi connectivity index (χ3n) is 3.24. The van der Waals surface area contributed by atoms with Crippen molar-refractivity contribution in [2.24, 2.45) is 0 Å². The maximum absolute atomic E-state index is 12.0. The second-order valence-electron chi connectivity index (χ2n) is 4.83. The largest absolute Gasteiger partial charge is 0.323 e. The van der Waals surface area contributed by atoms with Crippen LogP contribution in [0.2, 0.25) is 0 Å². The van der Waals surface area contributed by atoms with E-state index in [4.69, 9.17) is 0 Å². The number of aromatic amines is 1. The van der Waals surface area contributed by atoms with Crippen LogP contribution in [0.1, 0.15) is 5.56 Å². The van der Waals surface area contributed by atoms with Crippen molar-refractivity contribution in [1.82, 2.24) is 4.98 Å². The zero-order valence-corrected chi connectivity index (χ0v) is 11.7. The molecule has 0 unspecified atom stereocenters. The van der Waals surface area contributed by atoms with Crippen LogP contribution < -0.4 is 10.9 Å². The predicted molar refractivity (Wildman–Crippen MR) is 88.7 cm³/mol. The van der Waals surface area contributed by atoms with Gasteiger partial charge in [-0.2, -0.15) is 0 Å². The fourth-order valence-corrected chi connectivity index (χ4v) is 2.16. The minimum Gasteiger partial charge on any atom is -0.323 e.